The number of unbranched alkanes of at least 4 members (excludes halogenated alkanes) is 10. The molecule has 0 bridgehead atoms. The molecule has 21 heavy (non-hydrogen) atoms. The van der Waals surface area contributed by atoms with E-state index in [0.717, 1.165) is 12.8 Å². The fraction of sp³-hybridized carbons (Fsp3) is 0.842. The number of aliphatic carboxylic acids is 1. The van der Waals surface area contributed by atoms with Crippen LogP contribution in [0.1, 0.15) is 97.3 Å². The highest BCUT2D eigenvalue weighted by Gasteiger charge is 2.09. The first-order valence-corrected chi connectivity index (χ1v) is 9.06. The Morgan fingerprint density at radius 1 is 0.857 bits per heavy atom. The molecule has 0 rings (SSSR count). The first-order valence-electron chi connectivity index (χ1n) is 9.06. The van der Waals surface area contributed by atoms with Gasteiger partial charge in [-0.15, -0.1) is 0 Å². The normalized spacial score (nSPS) is 12.9. The number of allylic oxidation sites excluding steroid dienone is 2. The van der Waals surface area contributed by atoms with Crippen molar-refractivity contribution in [2.24, 2.45) is 5.92 Å². The van der Waals surface area contributed by atoms with E-state index in [4.69, 9.17) is 5.11 Å². The summed E-state index contributed by atoms with van der Waals surface area (Å²) in [5.41, 5.74) is 0. The van der Waals surface area contributed by atoms with Gasteiger partial charge in [0.15, 0.2) is 0 Å². The average molecular weight is 296 g/mol. The molecule has 0 aliphatic rings. The minimum absolute atomic E-state index is 0.174. The van der Waals surface area contributed by atoms with E-state index in [2.05, 4.69) is 19.1 Å². The molecule has 0 aromatic rings. The number of hydrogen-bond acceptors (Lipinski definition) is 1. The van der Waals surface area contributed by atoms with Gasteiger partial charge in [0.1, 0.15) is 0 Å². The predicted octanol–water partition coefficient (Wildman–Crippen LogP) is 6.35. The van der Waals surface area contributed by atoms with Crippen molar-refractivity contribution in [3.05, 3.63) is 12.2 Å². The maximum atomic E-state index is 10.7. The Morgan fingerprint density at radius 2 is 1.33 bits per heavy atom. The minimum atomic E-state index is -0.656. The lowest BCUT2D eigenvalue weighted by atomic mass is 10.0. The molecule has 1 N–H and O–H groups in total. The van der Waals surface area contributed by atoms with Crippen LogP contribution in [0.15, 0.2) is 12.2 Å². The van der Waals surface area contributed by atoms with Gasteiger partial charge in [0.25, 0.3) is 0 Å². The summed E-state index contributed by atoms with van der Waals surface area (Å²) in [6, 6.07) is 0. The molecule has 0 radical (unpaired) electrons. The highest BCUT2D eigenvalue weighted by atomic mass is 16.4. The maximum absolute atomic E-state index is 10.7. The smallest absolute Gasteiger partial charge is 0.306 e. The molecule has 1 atom stereocenters. The predicted molar refractivity (Wildman–Crippen MR) is 91.6 cm³/mol. The second kappa shape index (κ2) is 15.6. The molecule has 124 valence electrons. The number of carbonyl (C=O) groups is 1. The van der Waals surface area contributed by atoms with Crippen LogP contribution in [0.2, 0.25) is 0 Å². The lowest BCUT2D eigenvalue weighted by Gasteiger charge is -2.05. The average Bonchev–Trinajstić information content (AvgIpc) is 2.47. The molecule has 0 aromatic heterocycles. The van der Waals surface area contributed by atoms with E-state index in [1.165, 1.54) is 70.6 Å². The van der Waals surface area contributed by atoms with Gasteiger partial charge in [-0.25, -0.2) is 0 Å². The van der Waals surface area contributed by atoms with Gasteiger partial charge >= 0.3 is 5.97 Å². The highest BCUT2D eigenvalue weighted by molar-refractivity contribution is 5.69. The molecular formula is C19H36O2. The van der Waals surface area contributed by atoms with Crippen LogP contribution >= 0.6 is 0 Å². The molecule has 0 saturated heterocycles. The molecular weight excluding hydrogens is 260 g/mol. The largest absolute Gasteiger partial charge is 0.481 e. The molecule has 0 fully saturated rings. The molecule has 0 heterocycles. The third-order valence-electron chi connectivity index (χ3n) is 4.07. The summed E-state index contributed by atoms with van der Waals surface area (Å²) in [6.07, 6.45) is 20.8. The summed E-state index contributed by atoms with van der Waals surface area (Å²) in [4.78, 5) is 10.7. The SMILES string of the molecule is CCCCCC/C=C/CCCCCCCCC(C)C(=O)O. The van der Waals surface area contributed by atoms with Gasteiger partial charge in [-0.2, -0.15) is 0 Å². The number of carboxylic acids is 1. The van der Waals surface area contributed by atoms with E-state index in [-0.39, 0.29) is 5.92 Å². The van der Waals surface area contributed by atoms with Crippen LogP contribution in [0.4, 0.5) is 0 Å². The zero-order valence-electron chi connectivity index (χ0n) is 14.3. The Kier molecular flexibility index (Phi) is 15.0. The van der Waals surface area contributed by atoms with Gasteiger partial charge in [0.05, 0.1) is 5.92 Å². The molecule has 1 unspecified atom stereocenters. The zero-order valence-corrected chi connectivity index (χ0v) is 14.3. The molecule has 0 saturated carbocycles. The topological polar surface area (TPSA) is 37.3 Å². The first-order chi connectivity index (χ1) is 10.2. The van der Waals surface area contributed by atoms with Crippen LogP contribution in [0.25, 0.3) is 0 Å². The van der Waals surface area contributed by atoms with E-state index in [0.29, 0.717) is 0 Å². The van der Waals surface area contributed by atoms with Gasteiger partial charge in [-0.3, -0.25) is 4.79 Å². The van der Waals surface area contributed by atoms with Crippen molar-refractivity contribution in [3.63, 3.8) is 0 Å². The Hall–Kier alpha value is -0.790. The number of carboxylic acid groups (broad SMARTS) is 1. The van der Waals surface area contributed by atoms with Crippen molar-refractivity contribution in [2.75, 3.05) is 0 Å². The van der Waals surface area contributed by atoms with Crippen molar-refractivity contribution in [1.82, 2.24) is 0 Å². The molecule has 0 aliphatic heterocycles. The lowest BCUT2D eigenvalue weighted by molar-refractivity contribution is -0.141. The lowest BCUT2D eigenvalue weighted by Crippen LogP contribution is -2.08. The first kappa shape index (κ1) is 20.2. The molecule has 0 aliphatic carbocycles. The molecule has 0 amide bonds. The van der Waals surface area contributed by atoms with Crippen molar-refractivity contribution in [3.8, 4) is 0 Å². The fourth-order valence-electron chi connectivity index (χ4n) is 2.47. The quantitative estimate of drug-likeness (QED) is 0.282. The second-order valence-corrected chi connectivity index (χ2v) is 6.26. The van der Waals surface area contributed by atoms with Crippen molar-refractivity contribution >= 4 is 5.97 Å². The van der Waals surface area contributed by atoms with E-state index < -0.39 is 5.97 Å². The monoisotopic (exact) mass is 296 g/mol. The van der Waals surface area contributed by atoms with Gasteiger partial charge in [0, 0.05) is 0 Å². The summed E-state index contributed by atoms with van der Waals surface area (Å²) in [5.74, 6) is -0.830. The van der Waals surface area contributed by atoms with Crippen molar-refractivity contribution < 1.29 is 9.90 Å². The zero-order chi connectivity index (χ0) is 15.8. The van der Waals surface area contributed by atoms with Crippen LogP contribution in [0, 0.1) is 5.92 Å². The molecule has 0 aromatic carbocycles. The van der Waals surface area contributed by atoms with Gasteiger partial charge < -0.3 is 5.11 Å². The van der Waals surface area contributed by atoms with Crippen LogP contribution < -0.4 is 0 Å². The standard InChI is InChI=1S/C19H36O2/c1-3-4-5-6-7-8-9-10-11-12-13-14-15-16-17-18(2)19(20)21/h8-9,18H,3-7,10-17H2,1-2H3,(H,20,21)/b9-8+. The number of hydrogen-bond donors (Lipinski definition) is 1. The second-order valence-electron chi connectivity index (χ2n) is 6.26. The maximum Gasteiger partial charge on any atom is 0.306 e. The van der Waals surface area contributed by atoms with Crippen LogP contribution in [0.3, 0.4) is 0 Å². The van der Waals surface area contributed by atoms with Crippen molar-refractivity contribution in [2.45, 2.75) is 97.3 Å². The highest BCUT2D eigenvalue weighted by Crippen LogP contribution is 2.13. The Morgan fingerprint density at radius 3 is 1.86 bits per heavy atom. The molecule has 2 nitrogen and oxygen atoms in total. The Bertz CT molecular complexity index is 258. The summed E-state index contributed by atoms with van der Waals surface area (Å²) < 4.78 is 0. The van der Waals surface area contributed by atoms with E-state index in [9.17, 15) is 4.79 Å². The van der Waals surface area contributed by atoms with Crippen LogP contribution in [0.5, 0.6) is 0 Å². The third kappa shape index (κ3) is 15.4. The Balaban J connectivity index is 3.15. The molecule has 2 heteroatoms. The third-order valence-corrected chi connectivity index (χ3v) is 4.07. The Labute approximate surface area is 132 Å². The summed E-state index contributed by atoms with van der Waals surface area (Å²) in [5, 5.41) is 8.78. The van der Waals surface area contributed by atoms with E-state index >= 15 is 0 Å². The fourth-order valence-corrected chi connectivity index (χ4v) is 2.47. The van der Waals surface area contributed by atoms with Gasteiger partial charge in [-0.1, -0.05) is 77.4 Å². The molecule has 0 spiro atoms. The summed E-state index contributed by atoms with van der Waals surface area (Å²) in [6.45, 7) is 4.06. The van der Waals surface area contributed by atoms with E-state index in [1.807, 2.05) is 0 Å². The van der Waals surface area contributed by atoms with Crippen molar-refractivity contribution in [1.29, 1.82) is 0 Å². The summed E-state index contributed by atoms with van der Waals surface area (Å²) >= 11 is 0. The summed E-state index contributed by atoms with van der Waals surface area (Å²) in [7, 11) is 0. The van der Waals surface area contributed by atoms with Gasteiger partial charge in [0.2, 0.25) is 0 Å². The minimum Gasteiger partial charge on any atom is -0.481 e. The van der Waals surface area contributed by atoms with Crippen LogP contribution in [-0.2, 0) is 4.79 Å². The van der Waals surface area contributed by atoms with E-state index in [1.54, 1.807) is 6.92 Å². The number of rotatable bonds is 15. The van der Waals surface area contributed by atoms with Crippen LogP contribution in [-0.4, -0.2) is 11.1 Å². The van der Waals surface area contributed by atoms with Gasteiger partial charge in [-0.05, 0) is 32.1 Å².